The topological polar surface area (TPSA) is 52.1 Å². The van der Waals surface area contributed by atoms with Gasteiger partial charge in [0.15, 0.2) is 5.69 Å². The first-order valence-corrected chi connectivity index (χ1v) is 5.99. The number of methoxy groups -OCH3 is 1. The zero-order valence-corrected chi connectivity index (χ0v) is 10.8. The van der Waals surface area contributed by atoms with E-state index in [0.29, 0.717) is 21.4 Å². The molecule has 88 valence electrons. The maximum atomic E-state index is 11.4. The number of ether oxygens (including phenoxy) is 1. The highest BCUT2D eigenvalue weighted by molar-refractivity contribution is 7.15. The van der Waals surface area contributed by atoms with Crippen molar-refractivity contribution in [1.82, 2.24) is 9.97 Å². The summed E-state index contributed by atoms with van der Waals surface area (Å²) in [6.07, 6.45) is 1.55. The molecule has 17 heavy (non-hydrogen) atoms. The highest BCUT2D eigenvalue weighted by Gasteiger charge is 2.16. The number of pyridine rings is 1. The summed E-state index contributed by atoms with van der Waals surface area (Å²) in [5, 5.41) is 1.25. The number of carbonyl (C=O) groups excluding carboxylic acids is 1. The Bertz CT molecular complexity index is 551. The van der Waals surface area contributed by atoms with Gasteiger partial charge in [0.1, 0.15) is 5.01 Å². The first kappa shape index (κ1) is 12.0. The Morgan fingerprint density at radius 2 is 2.24 bits per heavy atom. The Morgan fingerprint density at radius 3 is 2.82 bits per heavy atom. The fourth-order valence-corrected chi connectivity index (χ4v) is 2.28. The van der Waals surface area contributed by atoms with E-state index in [9.17, 15) is 4.79 Å². The number of halogens is 1. The minimum atomic E-state index is -0.432. The van der Waals surface area contributed by atoms with E-state index < -0.39 is 5.97 Å². The zero-order valence-electron chi connectivity index (χ0n) is 9.23. The van der Waals surface area contributed by atoms with Crippen molar-refractivity contribution in [2.45, 2.75) is 6.92 Å². The minimum absolute atomic E-state index is 0.337. The van der Waals surface area contributed by atoms with Crippen molar-refractivity contribution in [3.63, 3.8) is 0 Å². The number of hydrogen-bond donors (Lipinski definition) is 0. The van der Waals surface area contributed by atoms with E-state index in [1.165, 1.54) is 18.4 Å². The average Bonchev–Trinajstić information content (AvgIpc) is 2.71. The van der Waals surface area contributed by atoms with Crippen molar-refractivity contribution in [3.05, 3.63) is 33.9 Å². The van der Waals surface area contributed by atoms with Gasteiger partial charge in [-0.1, -0.05) is 11.6 Å². The molecule has 0 saturated carbocycles. The molecule has 0 spiro atoms. The third-order valence-electron chi connectivity index (χ3n) is 2.12. The Kier molecular flexibility index (Phi) is 3.40. The number of nitrogens with zero attached hydrogens (tertiary/aromatic N) is 2. The van der Waals surface area contributed by atoms with Gasteiger partial charge in [0.05, 0.1) is 17.8 Å². The molecule has 2 rings (SSSR count). The molecule has 0 aliphatic rings. The van der Waals surface area contributed by atoms with Crippen LogP contribution < -0.4 is 0 Å². The first-order chi connectivity index (χ1) is 8.11. The Labute approximate surface area is 107 Å². The van der Waals surface area contributed by atoms with E-state index >= 15 is 0 Å². The Morgan fingerprint density at radius 1 is 1.47 bits per heavy atom. The summed E-state index contributed by atoms with van der Waals surface area (Å²) in [7, 11) is 1.33. The number of aryl methyl sites for hydroxylation is 1. The van der Waals surface area contributed by atoms with Gasteiger partial charge in [-0.05, 0) is 19.1 Å². The molecule has 2 aromatic heterocycles. The van der Waals surface area contributed by atoms with Crippen LogP contribution in [0.2, 0.25) is 5.02 Å². The summed E-state index contributed by atoms with van der Waals surface area (Å²) < 4.78 is 4.65. The van der Waals surface area contributed by atoms with Crippen LogP contribution in [0.25, 0.3) is 10.7 Å². The van der Waals surface area contributed by atoms with Gasteiger partial charge >= 0.3 is 5.97 Å². The lowest BCUT2D eigenvalue weighted by atomic mass is 10.3. The number of thiazole rings is 1. The molecule has 2 aromatic rings. The largest absolute Gasteiger partial charge is 0.464 e. The van der Waals surface area contributed by atoms with Crippen LogP contribution in [-0.4, -0.2) is 23.0 Å². The third kappa shape index (κ3) is 2.45. The predicted octanol–water partition coefficient (Wildman–Crippen LogP) is 2.95. The molecular formula is C11H9ClN2O2S. The Hall–Kier alpha value is -1.46. The van der Waals surface area contributed by atoms with Crippen molar-refractivity contribution in [2.75, 3.05) is 7.11 Å². The van der Waals surface area contributed by atoms with Crippen LogP contribution in [0.5, 0.6) is 0 Å². The monoisotopic (exact) mass is 268 g/mol. The van der Waals surface area contributed by atoms with Crippen LogP contribution in [0, 0.1) is 6.92 Å². The van der Waals surface area contributed by atoms with Gasteiger partial charge in [-0.15, -0.1) is 11.3 Å². The molecule has 0 aliphatic heterocycles. The maximum Gasteiger partial charge on any atom is 0.357 e. The fourth-order valence-electron chi connectivity index (χ4n) is 1.29. The van der Waals surface area contributed by atoms with E-state index in [2.05, 4.69) is 14.7 Å². The van der Waals surface area contributed by atoms with Gasteiger partial charge in [0.2, 0.25) is 0 Å². The molecule has 0 radical (unpaired) electrons. The van der Waals surface area contributed by atoms with Crippen LogP contribution in [0.15, 0.2) is 18.3 Å². The number of aromatic nitrogens is 2. The lowest BCUT2D eigenvalue weighted by Gasteiger charge is -1.95. The molecule has 0 aliphatic carbocycles. The molecule has 0 atom stereocenters. The van der Waals surface area contributed by atoms with Gasteiger partial charge in [-0.2, -0.15) is 0 Å². The molecule has 4 nitrogen and oxygen atoms in total. The Balaban J connectivity index is 2.41. The predicted molar refractivity (Wildman–Crippen MR) is 66.4 cm³/mol. The lowest BCUT2D eigenvalue weighted by Crippen LogP contribution is -2.03. The fraction of sp³-hybridized carbons (Fsp3) is 0.182. The highest BCUT2D eigenvalue weighted by Crippen LogP contribution is 2.27. The SMILES string of the molecule is COC(=O)c1nc(-c2ccc(Cl)cn2)sc1C. The molecule has 6 heteroatoms. The van der Waals surface area contributed by atoms with E-state index in [1.54, 1.807) is 18.3 Å². The van der Waals surface area contributed by atoms with Crippen LogP contribution in [0.3, 0.4) is 0 Å². The van der Waals surface area contributed by atoms with Crippen LogP contribution in [0.4, 0.5) is 0 Å². The second-order valence-electron chi connectivity index (χ2n) is 3.28. The molecule has 0 saturated heterocycles. The normalized spacial score (nSPS) is 10.3. The molecule has 0 unspecified atom stereocenters. The molecule has 0 amide bonds. The van der Waals surface area contributed by atoms with Crippen molar-refractivity contribution < 1.29 is 9.53 Å². The van der Waals surface area contributed by atoms with Crippen LogP contribution in [0.1, 0.15) is 15.4 Å². The summed E-state index contributed by atoms with van der Waals surface area (Å²) in [5.74, 6) is -0.432. The summed E-state index contributed by atoms with van der Waals surface area (Å²) in [5.41, 5.74) is 1.03. The molecule has 0 N–H and O–H groups in total. The van der Waals surface area contributed by atoms with Gasteiger partial charge in [-0.3, -0.25) is 4.98 Å². The quantitative estimate of drug-likeness (QED) is 0.786. The third-order valence-corrected chi connectivity index (χ3v) is 3.34. The van der Waals surface area contributed by atoms with E-state index in [4.69, 9.17) is 11.6 Å². The number of esters is 1. The van der Waals surface area contributed by atoms with E-state index in [1.807, 2.05) is 6.92 Å². The second kappa shape index (κ2) is 4.81. The maximum absolute atomic E-state index is 11.4. The van der Waals surface area contributed by atoms with Crippen molar-refractivity contribution in [2.24, 2.45) is 0 Å². The number of hydrogen-bond acceptors (Lipinski definition) is 5. The second-order valence-corrected chi connectivity index (χ2v) is 4.92. The number of carbonyl (C=O) groups is 1. The molecule has 0 aromatic carbocycles. The van der Waals surface area contributed by atoms with E-state index in [0.717, 1.165) is 4.88 Å². The van der Waals surface area contributed by atoms with Crippen LogP contribution in [-0.2, 0) is 4.74 Å². The molecule has 2 heterocycles. The molecular weight excluding hydrogens is 260 g/mol. The van der Waals surface area contributed by atoms with Crippen molar-refractivity contribution in [3.8, 4) is 10.7 Å². The highest BCUT2D eigenvalue weighted by atomic mass is 35.5. The minimum Gasteiger partial charge on any atom is -0.464 e. The summed E-state index contributed by atoms with van der Waals surface area (Å²) in [6, 6.07) is 3.50. The smallest absolute Gasteiger partial charge is 0.357 e. The van der Waals surface area contributed by atoms with Crippen LogP contribution >= 0.6 is 22.9 Å². The lowest BCUT2D eigenvalue weighted by molar-refractivity contribution is 0.0594. The van der Waals surface area contributed by atoms with Crippen molar-refractivity contribution >= 4 is 28.9 Å². The number of rotatable bonds is 2. The van der Waals surface area contributed by atoms with E-state index in [-0.39, 0.29) is 0 Å². The first-order valence-electron chi connectivity index (χ1n) is 4.79. The molecule has 0 bridgehead atoms. The zero-order chi connectivity index (χ0) is 12.4. The standard InChI is InChI=1S/C11H9ClN2O2S/c1-6-9(11(15)16-2)14-10(17-6)8-4-3-7(12)5-13-8/h3-5H,1-2H3. The van der Waals surface area contributed by atoms with Gasteiger partial charge in [0, 0.05) is 11.1 Å². The van der Waals surface area contributed by atoms with Crippen molar-refractivity contribution in [1.29, 1.82) is 0 Å². The average molecular weight is 269 g/mol. The molecule has 0 fully saturated rings. The van der Waals surface area contributed by atoms with Gasteiger partial charge < -0.3 is 4.74 Å². The van der Waals surface area contributed by atoms with Gasteiger partial charge in [0.25, 0.3) is 0 Å². The summed E-state index contributed by atoms with van der Waals surface area (Å²) in [6.45, 7) is 1.82. The summed E-state index contributed by atoms with van der Waals surface area (Å²) in [4.78, 5) is 20.6. The summed E-state index contributed by atoms with van der Waals surface area (Å²) >= 11 is 7.15. The van der Waals surface area contributed by atoms with Gasteiger partial charge in [-0.25, -0.2) is 9.78 Å².